The first-order valence-electron chi connectivity index (χ1n) is 6.36. The third-order valence-electron chi connectivity index (χ3n) is 3.02. The average molecular weight is 258 g/mol. The monoisotopic (exact) mass is 258 g/mol. The van der Waals surface area contributed by atoms with Gasteiger partial charge in [-0.2, -0.15) is 0 Å². The number of carbonyl (C=O) groups excluding carboxylic acids is 1. The fourth-order valence-corrected chi connectivity index (χ4v) is 2.02. The van der Waals surface area contributed by atoms with E-state index in [1.807, 2.05) is 25.1 Å². The average Bonchev–Trinajstić information content (AvgIpc) is 2.84. The molecule has 1 amide bonds. The maximum atomic E-state index is 12.0. The molecular formula is C15H18N2O2. The van der Waals surface area contributed by atoms with Gasteiger partial charge in [0.2, 0.25) is 5.91 Å². The van der Waals surface area contributed by atoms with Crippen molar-refractivity contribution in [1.82, 2.24) is 5.16 Å². The van der Waals surface area contributed by atoms with Crippen molar-refractivity contribution in [2.24, 2.45) is 0 Å². The van der Waals surface area contributed by atoms with Crippen LogP contribution in [0.25, 0.3) is 0 Å². The summed E-state index contributed by atoms with van der Waals surface area (Å²) >= 11 is 0. The zero-order valence-corrected chi connectivity index (χ0v) is 11.4. The summed E-state index contributed by atoms with van der Waals surface area (Å²) in [5.41, 5.74) is 3.76. The first-order chi connectivity index (χ1) is 9.08. The number of aromatic nitrogens is 1. The van der Waals surface area contributed by atoms with E-state index in [9.17, 15) is 4.79 Å². The Balaban J connectivity index is 2.16. The number of benzene rings is 1. The summed E-state index contributed by atoms with van der Waals surface area (Å²) in [5, 5.41) is 6.72. The van der Waals surface area contributed by atoms with Gasteiger partial charge in [0.15, 0.2) is 0 Å². The molecule has 0 unspecified atom stereocenters. The van der Waals surface area contributed by atoms with E-state index in [1.165, 1.54) is 6.26 Å². The summed E-state index contributed by atoms with van der Waals surface area (Å²) in [6.45, 7) is 6.22. The quantitative estimate of drug-likeness (QED) is 0.915. The van der Waals surface area contributed by atoms with Gasteiger partial charge < -0.3 is 9.84 Å². The second-order valence-electron chi connectivity index (χ2n) is 4.91. The van der Waals surface area contributed by atoms with Gasteiger partial charge in [-0.1, -0.05) is 37.2 Å². The second-order valence-corrected chi connectivity index (χ2v) is 4.91. The molecule has 0 atom stereocenters. The Bertz CT molecular complexity index is 560. The summed E-state index contributed by atoms with van der Waals surface area (Å²) in [6, 6.07) is 7.75. The Hall–Kier alpha value is -2.10. The van der Waals surface area contributed by atoms with E-state index in [0.717, 1.165) is 16.8 Å². The molecule has 1 N–H and O–H groups in total. The number of nitrogens with zero attached hydrogens (tertiary/aromatic N) is 1. The molecule has 1 aromatic carbocycles. The maximum Gasteiger partial charge on any atom is 0.230 e. The standard InChI is InChI=1S/C15H18N2O2/c1-10(2)13-6-4-5-11(3)15(13)16-14(18)9-12-7-8-19-17-12/h4-8,10H,9H2,1-3H3,(H,16,18). The minimum absolute atomic E-state index is 0.0786. The minimum Gasteiger partial charge on any atom is -0.364 e. The molecule has 2 rings (SSSR count). The number of hydrogen-bond acceptors (Lipinski definition) is 3. The first kappa shape index (κ1) is 13.3. The molecular weight excluding hydrogens is 240 g/mol. The maximum absolute atomic E-state index is 12.0. The van der Waals surface area contributed by atoms with Crippen LogP contribution in [0, 0.1) is 6.92 Å². The number of carbonyl (C=O) groups is 1. The van der Waals surface area contributed by atoms with Gasteiger partial charge in [0, 0.05) is 11.8 Å². The largest absolute Gasteiger partial charge is 0.364 e. The van der Waals surface area contributed by atoms with E-state index in [2.05, 4.69) is 24.3 Å². The van der Waals surface area contributed by atoms with Gasteiger partial charge >= 0.3 is 0 Å². The minimum atomic E-state index is -0.0786. The summed E-state index contributed by atoms with van der Waals surface area (Å²) < 4.78 is 4.72. The van der Waals surface area contributed by atoms with Gasteiger partial charge in [-0.15, -0.1) is 0 Å². The van der Waals surface area contributed by atoms with E-state index in [4.69, 9.17) is 4.52 Å². The van der Waals surface area contributed by atoms with Gasteiger partial charge in [0.25, 0.3) is 0 Å². The zero-order chi connectivity index (χ0) is 13.8. The molecule has 4 nitrogen and oxygen atoms in total. The van der Waals surface area contributed by atoms with Crippen LogP contribution < -0.4 is 5.32 Å². The Morgan fingerprint density at radius 2 is 2.16 bits per heavy atom. The van der Waals surface area contributed by atoms with Crippen LogP contribution in [0.4, 0.5) is 5.69 Å². The van der Waals surface area contributed by atoms with Crippen molar-refractivity contribution in [3.63, 3.8) is 0 Å². The third-order valence-corrected chi connectivity index (χ3v) is 3.02. The van der Waals surface area contributed by atoms with Gasteiger partial charge in [-0.25, -0.2) is 0 Å². The van der Waals surface area contributed by atoms with E-state index in [1.54, 1.807) is 6.07 Å². The highest BCUT2D eigenvalue weighted by Gasteiger charge is 2.13. The second kappa shape index (κ2) is 5.69. The van der Waals surface area contributed by atoms with Gasteiger partial charge in [0.1, 0.15) is 6.26 Å². The van der Waals surface area contributed by atoms with Gasteiger partial charge in [-0.05, 0) is 24.0 Å². The van der Waals surface area contributed by atoms with Crippen LogP contribution >= 0.6 is 0 Å². The van der Waals surface area contributed by atoms with Crippen LogP contribution in [-0.4, -0.2) is 11.1 Å². The molecule has 0 aliphatic heterocycles. The molecule has 1 heterocycles. The van der Waals surface area contributed by atoms with Crippen LogP contribution in [0.2, 0.25) is 0 Å². The molecule has 4 heteroatoms. The topological polar surface area (TPSA) is 55.1 Å². The molecule has 0 radical (unpaired) electrons. The third kappa shape index (κ3) is 3.22. The molecule has 0 aliphatic carbocycles. The van der Waals surface area contributed by atoms with Crippen molar-refractivity contribution >= 4 is 11.6 Å². The number of hydrogen-bond donors (Lipinski definition) is 1. The number of rotatable bonds is 4. The molecule has 100 valence electrons. The predicted molar refractivity (Wildman–Crippen MR) is 74.1 cm³/mol. The summed E-state index contributed by atoms with van der Waals surface area (Å²) in [5.74, 6) is 0.285. The highest BCUT2D eigenvalue weighted by atomic mass is 16.5. The molecule has 1 aromatic heterocycles. The normalized spacial score (nSPS) is 10.7. The molecule has 0 aliphatic rings. The Morgan fingerprint density at radius 1 is 1.37 bits per heavy atom. The van der Waals surface area contributed by atoms with Crippen molar-refractivity contribution in [2.75, 3.05) is 5.32 Å². The zero-order valence-electron chi connectivity index (χ0n) is 11.4. The van der Waals surface area contributed by atoms with Crippen LogP contribution in [0.1, 0.15) is 36.6 Å². The summed E-state index contributed by atoms with van der Waals surface area (Å²) in [6.07, 6.45) is 1.69. The SMILES string of the molecule is Cc1cccc(C(C)C)c1NC(=O)Cc1ccon1. The molecule has 0 saturated carbocycles. The van der Waals surface area contributed by atoms with Crippen molar-refractivity contribution in [1.29, 1.82) is 0 Å². The number of amides is 1. The Morgan fingerprint density at radius 3 is 2.79 bits per heavy atom. The van der Waals surface area contributed by atoms with Crippen molar-refractivity contribution in [2.45, 2.75) is 33.1 Å². The van der Waals surface area contributed by atoms with E-state index >= 15 is 0 Å². The molecule has 0 spiro atoms. The summed E-state index contributed by atoms with van der Waals surface area (Å²) in [4.78, 5) is 12.0. The van der Waals surface area contributed by atoms with Gasteiger partial charge in [-0.3, -0.25) is 4.79 Å². The fourth-order valence-electron chi connectivity index (χ4n) is 2.02. The number of para-hydroxylation sites is 1. The lowest BCUT2D eigenvalue weighted by atomic mass is 9.98. The van der Waals surface area contributed by atoms with E-state index in [-0.39, 0.29) is 12.3 Å². The molecule has 0 fully saturated rings. The highest BCUT2D eigenvalue weighted by molar-refractivity contribution is 5.93. The lowest BCUT2D eigenvalue weighted by Crippen LogP contribution is -2.17. The van der Waals surface area contributed by atoms with Crippen LogP contribution in [-0.2, 0) is 11.2 Å². The van der Waals surface area contributed by atoms with Crippen LogP contribution in [0.5, 0.6) is 0 Å². The lowest BCUT2D eigenvalue weighted by molar-refractivity contribution is -0.115. The van der Waals surface area contributed by atoms with E-state index in [0.29, 0.717) is 11.6 Å². The first-order valence-corrected chi connectivity index (χ1v) is 6.36. The smallest absolute Gasteiger partial charge is 0.230 e. The molecule has 0 saturated heterocycles. The Kier molecular flexibility index (Phi) is 4.00. The van der Waals surface area contributed by atoms with E-state index < -0.39 is 0 Å². The highest BCUT2D eigenvalue weighted by Crippen LogP contribution is 2.27. The number of anilines is 1. The van der Waals surface area contributed by atoms with Gasteiger partial charge in [0.05, 0.1) is 12.1 Å². The van der Waals surface area contributed by atoms with Crippen LogP contribution in [0.15, 0.2) is 35.1 Å². The molecule has 2 aromatic rings. The molecule has 19 heavy (non-hydrogen) atoms. The predicted octanol–water partition coefficient (Wildman–Crippen LogP) is 3.29. The molecule has 0 bridgehead atoms. The van der Waals surface area contributed by atoms with Crippen molar-refractivity contribution in [3.8, 4) is 0 Å². The number of nitrogens with one attached hydrogen (secondary N) is 1. The fraction of sp³-hybridized carbons (Fsp3) is 0.333. The Labute approximate surface area is 112 Å². The van der Waals surface area contributed by atoms with Crippen molar-refractivity contribution < 1.29 is 9.32 Å². The summed E-state index contributed by atoms with van der Waals surface area (Å²) in [7, 11) is 0. The van der Waals surface area contributed by atoms with Crippen LogP contribution in [0.3, 0.4) is 0 Å². The lowest BCUT2D eigenvalue weighted by Gasteiger charge is -2.16. The number of aryl methyl sites for hydroxylation is 1. The van der Waals surface area contributed by atoms with Crippen molar-refractivity contribution in [3.05, 3.63) is 47.3 Å².